The van der Waals surface area contributed by atoms with E-state index in [0.717, 1.165) is 34.9 Å². The predicted molar refractivity (Wildman–Crippen MR) is 96.7 cm³/mol. The summed E-state index contributed by atoms with van der Waals surface area (Å²) in [5.74, 6) is -0.875. The van der Waals surface area contributed by atoms with E-state index < -0.39 is 12.0 Å². The highest BCUT2D eigenvalue weighted by Gasteiger charge is 2.30. The number of thiazole rings is 1. The van der Waals surface area contributed by atoms with Gasteiger partial charge in [0.2, 0.25) is 5.91 Å². The van der Waals surface area contributed by atoms with E-state index in [2.05, 4.69) is 10.3 Å². The van der Waals surface area contributed by atoms with Crippen molar-refractivity contribution in [2.45, 2.75) is 38.8 Å². The number of carbonyl (C=O) groups is 2. The Labute approximate surface area is 150 Å². The van der Waals surface area contributed by atoms with E-state index in [1.54, 1.807) is 0 Å². The van der Waals surface area contributed by atoms with Crippen LogP contribution in [0.2, 0.25) is 0 Å². The fourth-order valence-electron chi connectivity index (χ4n) is 2.99. The number of hydrogen-bond donors (Lipinski definition) is 2. The third kappa shape index (κ3) is 4.64. The number of carboxylic acids is 1. The molecular weight excluding hydrogens is 338 g/mol. The van der Waals surface area contributed by atoms with Crippen LogP contribution in [0.1, 0.15) is 29.1 Å². The molecule has 25 heavy (non-hydrogen) atoms. The molecule has 7 heteroatoms. The molecule has 1 aliphatic heterocycles. The molecule has 3 rings (SSSR count). The first-order chi connectivity index (χ1) is 12.0. The van der Waals surface area contributed by atoms with Gasteiger partial charge in [-0.2, -0.15) is 0 Å². The second-order valence-electron chi connectivity index (χ2n) is 6.29. The van der Waals surface area contributed by atoms with Crippen molar-refractivity contribution in [2.24, 2.45) is 0 Å². The number of aliphatic carboxylic acids is 1. The first-order valence-electron chi connectivity index (χ1n) is 8.28. The molecule has 2 heterocycles. The van der Waals surface area contributed by atoms with Crippen LogP contribution in [0, 0.1) is 6.92 Å². The maximum atomic E-state index is 12.1. The Morgan fingerprint density at radius 1 is 1.36 bits per heavy atom. The molecule has 0 radical (unpaired) electrons. The molecule has 1 amide bonds. The number of aryl methyl sites for hydroxylation is 1. The quantitative estimate of drug-likeness (QED) is 0.829. The van der Waals surface area contributed by atoms with Gasteiger partial charge in [0.05, 0.1) is 12.1 Å². The standard InChI is InChI=1S/C18H21N3O3S/c1-12-4-6-13(7-5-12)19-16(22)9-17-20-14(11-25-17)10-21-8-2-3-15(21)18(23)24/h4-7,11,15H,2-3,8-10H2,1H3,(H,19,22)(H,23,24)/t15-/m1/s1. The number of amides is 1. The Morgan fingerprint density at radius 2 is 2.12 bits per heavy atom. The molecule has 1 aromatic carbocycles. The van der Waals surface area contributed by atoms with Crippen LogP contribution in [0.25, 0.3) is 0 Å². The third-order valence-electron chi connectivity index (χ3n) is 4.26. The Kier molecular flexibility index (Phi) is 5.45. The number of aromatic nitrogens is 1. The summed E-state index contributed by atoms with van der Waals surface area (Å²) in [6.07, 6.45) is 1.80. The number of anilines is 1. The number of carboxylic acid groups (broad SMARTS) is 1. The van der Waals surface area contributed by atoms with E-state index in [-0.39, 0.29) is 12.3 Å². The van der Waals surface area contributed by atoms with Crippen molar-refractivity contribution in [1.82, 2.24) is 9.88 Å². The van der Waals surface area contributed by atoms with E-state index >= 15 is 0 Å². The van der Waals surface area contributed by atoms with Gasteiger partial charge in [0, 0.05) is 17.6 Å². The lowest BCUT2D eigenvalue weighted by Crippen LogP contribution is -2.35. The second-order valence-corrected chi connectivity index (χ2v) is 7.23. The number of hydrogen-bond acceptors (Lipinski definition) is 5. The number of nitrogens with zero attached hydrogens (tertiary/aromatic N) is 2. The molecule has 1 aromatic heterocycles. The summed E-state index contributed by atoms with van der Waals surface area (Å²) >= 11 is 1.44. The van der Waals surface area contributed by atoms with Gasteiger partial charge in [-0.3, -0.25) is 14.5 Å². The average Bonchev–Trinajstić information content (AvgIpc) is 3.19. The lowest BCUT2D eigenvalue weighted by Gasteiger charge is -2.19. The van der Waals surface area contributed by atoms with Crippen LogP contribution in [-0.4, -0.2) is 39.5 Å². The zero-order chi connectivity index (χ0) is 17.8. The molecular formula is C18H21N3O3S. The molecule has 6 nitrogen and oxygen atoms in total. The van der Waals surface area contributed by atoms with E-state index in [1.807, 2.05) is 41.5 Å². The van der Waals surface area contributed by atoms with Crippen LogP contribution in [-0.2, 0) is 22.6 Å². The molecule has 1 saturated heterocycles. The normalized spacial score (nSPS) is 17.6. The van der Waals surface area contributed by atoms with Gasteiger partial charge in [-0.05, 0) is 38.4 Å². The minimum atomic E-state index is -0.773. The van der Waals surface area contributed by atoms with Gasteiger partial charge in [0.1, 0.15) is 11.0 Å². The third-order valence-corrected chi connectivity index (χ3v) is 5.16. The highest BCUT2D eigenvalue weighted by atomic mass is 32.1. The van der Waals surface area contributed by atoms with Gasteiger partial charge in [-0.25, -0.2) is 4.98 Å². The van der Waals surface area contributed by atoms with Crippen LogP contribution < -0.4 is 5.32 Å². The summed E-state index contributed by atoms with van der Waals surface area (Å²) < 4.78 is 0. The largest absolute Gasteiger partial charge is 0.480 e. The molecule has 0 aliphatic carbocycles. The number of rotatable bonds is 6. The van der Waals surface area contributed by atoms with Crippen LogP contribution in [0.15, 0.2) is 29.6 Å². The molecule has 0 saturated carbocycles. The lowest BCUT2D eigenvalue weighted by molar-refractivity contribution is -0.142. The van der Waals surface area contributed by atoms with Crippen LogP contribution in [0.5, 0.6) is 0 Å². The molecule has 0 unspecified atom stereocenters. The van der Waals surface area contributed by atoms with Crippen molar-refractivity contribution in [2.75, 3.05) is 11.9 Å². The summed E-state index contributed by atoms with van der Waals surface area (Å²) in [5.41, 5.74) is 2.74. The first kappa shape index (κ1) is 17.6. The highest BCUT2D eigenvalue weighted by Crippen LogP contribution is 2.21. The van der Waals surface area contributed by atoms with Gasteiger partial charge >= 0.3 is 5.97 Å². The smallest absolute Gasteiger partial charge is 0.320 e. The van der Waals surface area contributed by atoms with E-state index in [1.165, 1.54) is 11.3 Å². The molecule has 132 valence electrons. The second kappa shape index (κ2) is 7.76. The summed E-state index contributed by atoms with van der Waals surface area (Å²) in [6.45, 7) is 3.29. The minimum Gasteiger partial charge on any atom is -0.480 e. The number of carbonyl (C=O) groups excluding carboxylic acids is 1. The van der Waals surface area contributed by atoms with E-state index in [4.69, 9.17) is 0 Å². The molecule has 0 bridgehead atoms. The van der Waals surface area contributed by atoms with Gasteiger partial charge in [0.25, 0.3) is 0 Å². The Morgan fingerprint density at radius 3 is 2.84 bits per heavy atom. The summed E-state index contributed by atoms with van der Waals surface area (Å²) in [6, 6.07) is 7.23. The molecule has 0 spiro atoms. The van der Waals surface area contributed by atoms with Crippen LogP contribution in [0.4, 0.5) is 5.69 Å². The molecule has 2 aromatic rings. The van der Waals surface area contributed by atoms with Crippen molar-refractivity contribution in [3.8, 4) is 0 Å². The molecule has 1 aliphatic rings. The van der Waals surface area contributed by atoms with Gasteiger partial charge in [-0.15, -0.1) is 11.3 Å². The number of benzene rings is 1. The molecule has 1 fully saturated rings. The first-order valence-corrected chi connectivity index (χ1v) is 9.16. The number of likely N-dealkylation sites (tertiary alicyclic amines) is 1. The molecule has 2 N–H and O–H groups in total. The summed E-state index contributed by atoms with van der Waals surface area (Å²) in [4.78, 5) is 29.8. The minimum absolute atomic E-state index is 0.102. The van der Waals surface area contributed by atoms with Crippen molar-refractivity contribution >= 4 is 28.9 Å². The van der Waals surface area contributed by atoms with Crippen molar-refractivity contribution < 1.29 is 14.7 Å². The Bertz CT molecular complexity index is 757. The summed E-state index contributed by atoms with van der Waals surface area (Å²) in [7, 11) is 0. The maximum absolute atomic E-state index is 12.1. The van der Waals surface area contributed by atoms with Crippen LogP contribution >= 0.6 is 11.3 Å². The van der Waals surface area contributed by atoms with Crippen molar-refractivity contribution in [3.05, 3.63) is 45.9 Å². The zero-order valence-electron chi connectivity index (χ0n) is 14.1. The monoisotopic (exact) mass is 359 g/mol. The topological polar surface area (TPSA) is 82.5 Å². The molecule has 1 atom stereocenters. The SMILES string of the molecule is Cc1ccc(NC(=O)Cc2nc(CN3CCC[C@@H]3C(=O)O)cs2)cc1. The predicted octanol–water partition coefficient (Wildman–Crippen LogP) is 2.68. The fourth-order valence-corrected chi connectivity index (χ4v) is 3.77. The van der Waals surface area contributed by atoms with Gasteiger partial charge in [-0.1, -0.05) is 17.7 Å². The summed E-state index contributed by atoms with van der Waals surface area (Å²) in [5, 5.41) is 14.7. The van der Waals surface area contributed by atoms with Crippen LogP contribution in [0.3, 0.4) is 0 Å². The average molecular weight is 359 g/mol. The highest BCUT2D eigenvalue weighted by molar-refractivity contribution is 7.09. The van der Waals surface area contributed by atoms with Crippen molar-refractivity contribution in [1.29, 1.82) is 0 Å². The fraction of sp³-hybridized carbons (Fsp3) is 0.389. The number of nitrogens with one attached hydrogen (secondary N) is 1. The Hall–Kier alpha value is -2.25. The Balaban J connectivity index is 1.55. The van der Waals surface area contributed by atoms with E-state index in [9.17, 15) is 14.7 Å². The van der Waals surface area contributed by atoms with Gasteiger partial charge in [0.15, 0.2) is 0 Å². The maximum Gasteiger partial charge on any atom is 0.320 e. The lowest BCUT2D eigenvalue weighted by atomic mass is 10.2. The van der Waals surface area contributed by atoms with Gasteiger partial charge < -0.3 is 10.4 Å². The zero-order valence-corrected chi connectivity index (χ0v) is 14.9. The van der Waals surface area contributed by atoms with E-state index in [0.29, 0.717) is 13.0 Å². The van der Waals surface area contributed by atoms with Crippen molar-refractivity contribution in [3.63, 3.8) is 0 Å².